The molecule has 1 saturated heterocycles. The summed E-state index contributed by atoms with van der Waals surface area (Å²) in [5, 5.41) is 0.913. The van der Waals surface area contributed by atoms with Crippen molar-refractivity contribution in [2.45, 2.75) is 32.7 Å². The number of furan rings is 1. The number of hydrogen-bond acceptors (Lipinski definition) is 4. The summed E-state index contributed by atoms with van der Waals surface area (Å²) in [6.07, 6.45) is 1.66. The van der Waals surface area contributed by atoms with Crippen molar-refractivity contribution >= 4 is 23.0 Å². The summed E-state index contributed by atoms with van der Waals surface area (Å²) < 4.78 is 11.1. The average molecular weight is 316 g/mol. The van der Waals surface area contributed by atoms with Crippen LogP contribution in [0.25, 0.3) is 11.0 Å². The fourth-order valence-electron chi connectivity index (χ4n) is 3.12. The third kappa shape index (κ3) is 2.76. The third-order valence-electron chi connectivity index (χ3n) is 4.41. The van der Waals surface area contributed by atoms with Crippen molar-refractivity contribution in [3.8, 4) is 0 Å². The van der Waals surface area contributed by atoms with Gasteiger partial charge in [-0.25, -0.2) is 9.59 Å². The van der Waals surface area contributed by atoms with E-state index in [9.17, 15) is 9.59 Å². The van der Waals surface area contributed by atoms with E-state index in [1.165, 1.54) is 0 Å². The molecule has 2 heterocycles. The number of primary amides is 1. The van der Waals surface area contributed by atoms with Crippen molar-refractivity contribution < 1.29 is 18.7 Å². The molecule has 6 nitrogen and oxygen atoms in total. The molecule has 2 aromatic rings. The number of nitrogens with zero attached hydrogens (tertiary/aromatic N) is 1. The lowest BCUT2D eigenvalue weighted by Crippen LogP contribution is -2.41. The van der Waals surface area contributed by atoms with Crippen LogP contribution in [0, 0.1) is 13.8 Å². The van der Waals surface area contributed by atoms with Crippen LogP contribution in [0.3, 0.4) is 0 Å². The Kier molecular flexibility index (Phi) is 3.98. The maximum Gasteiger partial charge on any atom is 0.374 e. The van der Waals surface area contributed by atoms with Gasteiger partial charge >= 0.3 is 12.0 Å². The highest BCUT2D eigenvalue weighted by atomic mass is 16.5. The van der Waals surface area contributed by atoms with Gasteiger partial charge in [0, 0.05) is 17.5 Å². The Morgan fingerprint density at radius 3 is 2.87 bits per heavy atom. The highest BCUT2D eigenvalue weighted by Gasteiger charge is 2.29. The van der Waals surface area contributed by atoms with E-state index in [0.29, 0.717) is 12.1 Å². The molecule has 0 aliphatic carbocycles. The predicted octanol–water partition coefficient (Wildman–Crippen LogP) is 2.75. The van der Waals surface area contributed by atoms with Crippen molar-refractivity contribution in [3.63, 3.8) is 0 Å². The first-order valence-corrected chi connectivity index (χ1v) is 7.71. The Labute approximate surface area is 134 Å². The zero-order valence-corrected chi connectivity index (χ0v) is 13.3. The molecular formula is C17H20N2O4. The maximum absolute atomic E-state index is 12.3. The van der Waals surface area contributed by atoms with Gasteiger partial charge in [-0.05, 0) is 32.3 Å². The van der Waals surface area contributed by atoms with Crippen LogP contribution < -0.4 is 5.73 Å². The topological polar surface area (TPSA) is 85.8 Å². The van der Waals surface area contributed by atoms with Crippen LogP contribution in [-0.2, 0) is 4.74 Å². The molecule has 0 saturated carbocycles. The molecule has 122 valence electrons. The number of esters is 1. The van der Waals surface area contributed by atoms with Gasteiger partial charge in [0.25, 0.3) is 0 Å². The number of aryl methyl sites for hydroxylation is 2. The normalized spacial score (nSPS) is 17.7. The molecule has 3 rings (SSSR count). The predicted molar refractivity (Wildman–Crippen MR) is 85.3 cm³/mol. The fourth-order valence-corrected chi connectivity index (χ4v) is 3.12. The van der Waals surface area contributed by atoms with E-state index in [2.05, 4.69) is 0 Å². The van der Waals surface area contributed by atoms with Gasteiger partial charge < -0.3 is 19.8 Å². The minimum Gasteiger partial charge on any atom is -0.458 e. The van der Waals surface area contributed by atoms with E-state index in [1.807, 2.05) is 32.0 Å². The number of amides is 2. The van der Waals surface area contributed by atoms with Gasteiger partial charge in [-0.1, -0.05) is 18.2 Å². The zero-order valence-electron chi connectivity index (χ0n) is 13.3. The van der Waals surface area contributed by atoms with E-state index < -0.39 is 12.0 Å². The van der Waals surface area contributed by atoms with Gasteiger partial charge in [0.2, 0.25) is 5.76 Å². The van der Waals surface area contributed by atoms with Crippen molar-refractivity contribution in [2.75, 3.05) is 13.2 Å². The molecule has 1 aromatic heterocycles. The van der Waals surface area contributed by atoms with Gasteiger partial charge in [-0.3, -0.25) is 0 Å². The number of urea groups is 1. The molecule has 1 fully saturated rings. The molecular weight excluding hydrogens is 296 g/mol. The standard InChI is InChI=1S/C17H20N2O4/c1-10-5-3-7-13-11(2)15(23-14(10)13)16(20)22-9-12-6-4-8-19(12)17(18)21/h3,5,7,12H,4,6,8-9H2,1-2H3,(H2,18,21). The van der Waals surface area contributed by atoms with Crippen molar-refractivity contribution in [3.05, 3.63) is 35.1 Å². The van der Waals surface area contributed by atoms with Crippen LogP contribution in [0.1, 0.15) is 34.5 Å². The number of likely N-dealkylation sites (tertiary alicyclic amines) is 1. The Balaban J connectivity index is 1.75. The van der Waals surface area contributed by atoms with E-state index >= 15 is 0 Å². The quantitative estimate of drug-likeness (QED) is 0.882. The van der Waals surface area contributed by atoms with E-state index in [-0.39, 0.29) is 18.4 Å². The van der Waals surface area contributed by atoms with E-state index in [4.69, 9.17) is 14.9 Å². The number of rotatable bonds is 3. The van der Waals surface area contributed by atoms with Crippen LogP contribution in [0.15, 0.2) is 22.6 Å². The van der Waals surface area contributed by atoms with Gasteiger partial charge in [0.05, 0.1) is 6.04 Å². The molecule has 6 heteroatoms. The first kappa shape index (κ1) is 15.4. The van der Waals surface area contributed by atoms with Crippen LogP contribution in [0.4, 0.5) is 4.79 Å². The van der Waals surface area contributed by atoms with Gasteiger partial charge in [-0.15, -0.1) is 0 Å². The number of hydrogen-bond donors (Lipinski definition) is 1. The number of carbonyl (C=O) groups is 2. The summed E-state index contributed by atoms with van der Waals surface area (Å²) >= 11 is 0. The number of benzene rings is 1. The second kappa shape index (κ2) is 5.95. The summed E-state index contributed by atoms with van der Waals surface area (Å²) in [6, 6.07) is 5.16. The fraction of sp³-hybridized carbons (Fsp3) is 0.412. The lowest BCUT2D eigenvalue weighted by molar-refractivity contribution is 0.0388. The maximum atomic E-state index is 12.3. The summed E-state index contributed by atoms with van der Waals surface area (Å²) in [6.45, 7) is 4.52. The Hall–Kier alpha value is -2.50. The highest BCUT2D eigenvalue weighted by Crippen LogP contribution is 2.28. The summed E-state index contributed by atoms with van der Waals surface area (Å²) in [4.78, 5) is 25.2. The molecule has 0 spiro atoms. The second-order valence-corrected chi connectivity index (χ2v) is 5.93. The van der Waals surface area contributed by atoms with E-state index in [1.54, 1.807) is 4.90 Å². The third-order valence-corrected chi connectivity index (χ3v) is 4.41. The monoisotopic (exact) mass is 316 g/mol. The van der Waals surface area contributed by atoms with Crippen LogP contribution in [0.2, 0.25) is 0 Å². The number of fused-ring (bicyclic) bond motifs is 1. The molecule has 1 aliphatic rings. The minimum atomic E-state index is -0.505. The molecule has 0 radical (unpaired) electrons. The lowest BCUT2D eigenvalue weighted by atomic mass is 10.1. The van der Waals surface area contributed by atoms with Crippen molar-refractivity contribution in [1.29, 1.82) is 0 Å². The van der Waals surface area contributed by atoms with Gasteiger partial charge in [-0.2, -0.15) is 0 Å². The smallest absolute Gasteiger partial charge is 0.374 e. The number of ether oxygens (including phenoxy) is 1. The molecule has 23 heavy (non-hydrogen) atoms. The molecule has 1 aromatic carbocycles. The molecule has 0 bridgehead atoms. The Morgan fingerprint density at radius 1 is 1.39 bits per heavy atom. The molecule has 2 amide bonds. The summed E-state index contributed by atoms with van der Waals surface area (Å²) in [7, 11) is 0. The van der Waals surface area contributed by atoms with Gasteiger partial charge in [0.1, 0.15) is 12.2 Å². The highest BCUT2D eigenvalue weighted by molar-refractivity contribution is 5.96. The van der Waals surface area contributed by atoms with Crippen molar-refractivity contribution in [2.24, 2.45) is 5.73 Å². The largest absolute Gasteiger partial charge is 0.458 e. The molecule has 1 atom stereocenters. The number of nitrogens with two attached hydrogens (primary N) is 1. The van der Waals surface area contributed by atoms with Crippen LogP contribution >= 0.6 is 0 Å². The number of para-hydroxylation sites is 1. The first-order chi connectivity index (χ1) is 11.0. The molecule has 1 unspecified atom stereocenters. The minimum absolute atomic E-state index is 0.136. The average Bonchev–Trinajstić information content (AvgIpc) is 3.11. The SMILES string of the molecule is Cc1c(C(=O)OCC2CCCN2C(N)=O)oc2c(C)cccc12. The summed E-state index contributed by atoms with van der Waals surface area (Å²) in [5.41, 5.74) is 7.77. The lowest BCUT2D eigenvalue weighted by Gasteiger charge is -2.21. The van der Waals surface area contributed by atoms with Gasteiger partial charge in [0.15, 0.2) is 0 Å². The zero-order chi connectivity index (χ0) is 16.6. The Bertz CT molecular complexity index is 765. The van der Waals surface area contributed by atoms with Crippen LogP contribution in [-0.4, -0.2) is 36.1 Å². The second-order valence-electron chi connectivity index (χ2n) is 5.93. The van der Waals surface area contributed by atoms with Crippen molar-refractivity contribution in [1.82, 2.24) is 4.90 Å². The molecule has 2 N–H and O–H groups in total. The van der Waals surface area contributed by atoms with Crippen LogP contribution in [0.5, 0.6) is 0 Å². The summed E-state index contributed by atoms with van der Waals surface area (Å²) in [5.74, 6) is -0.285. The molecule has 1 aliphatic heterocycles. The Morgan fingerprint density at radius 2 is 2.17 bits per heavy atom. The first-order valence-electron chi connectivity index (χ1n) is 7.71. The number of carbonyl (C=O) groups excluding carboxylic acids is 2. The van der Waals surface area contributed by atoms with E-state index in [0.717, 1.165) is 29.4 Å².